The van der Waals surface area contributed by atoms with Gasteiger partial charge in [0.2, 0.25) is 5.91 Å². The number of fused-ring (bicyclic) bond motifs is 2. The first-order chi connectivity index (χ1) is 16.6. The zero-order valence-electron chi connectivity index (χ0n) is 19.4. The number of amides is 1. The van der Waals surface area contributed by atoms with Crippen LogP contribution in [0, 0.1) is 0 Å². The maximum Gasteiger partial charge on any atom is 0.247 e. The summed E-state index contributed by atoms with van der Waals surface area (Å²) in [6, 6.07) is 31.9. The number of hydrogen-bond acceptors (Lipinski definition) is 3. The van der Waals surface area contributed by atoms with Gasteiger partial charge in [-0.15, -0.1) is 0 Å². The Labute approximate surface area is 199 Å². The van der Waals surface area contributed by atoms with Gasteiger partial charge in [0.05, 0.1) is 11.0 Å². The molecule has 0 unspecified atom stereocenters. The van der Waals surface area contributed by atoms with E-state index in [1.54, 1.807) is 0 Å². The summed E-state index contributed by atoms with van der Waals surface area (Å²) < 4.78 is 8.21. The van der Waals surface area contributed by atoms with Crippen LogP contribution >= 0.6 is 0 Å². The fraction of sp³-hybridized carbons (Fsp3) is 0.172. The normalized spacial score (nSPS) is 11.3. The van der Waals surface area contributed by atoms with Gasteiger partial charge in [-0.3, -0.25) is 4.79 Å². The van der Waals surface area contributed by atoms with Crippen LogP contribution in [0.25, 0.3) is 21.8 Å². The number of benzene rings is 4. The van der Waals surface area contributed by atoms with E-state index in [1.165, 1.54) is 0 Å². The molecule has 5 rings (SSSR count). The first-order valence-electron chi connectivity index (χ1n) is 11.5. The summed E-state index contributed by atoms with van der Waals surface area (Å²) >= 11 is 0. The highest BCUT2D eigenvalue weighted by Gasteiger charge is 2.22. The first kappa shape index (κ1) is 21.7. The van der Waals surface area contributed by atoms with Crippen LogP contribution in [0.15, 0.2) is 97.1 Å². The van der Waals surface area contributed by atoms with Crippen molar-refractivity contribution in [3.05, 3.63) is 103 Å². The van der Waals surface area contributed by atoms with Crippen molar-refractivity contribution in [1.29, 1.82) is 0 Å². The van der Waals surface area contributed by atoms with Crippen molar-refractivity contribution < 1.29 is 9.53 Å². The molecule has 1 heterocycles. The van der Waals surface area contributed by atoms with Crippen LogP contribution in [0.3, 0.4) is 0 Å². The molecule has 4 aromatic carbocycles. The van der Waals surface area contributed by atoms with Crippen LogP contribution in [0.1, 0.15) is 19.7 Å². The van der Waals surface area contributed by atoms with Crippen LogP contribution < -0.4 is 9.64 Å². The van der Waals surface area contributed by atoms with Gasteiger partial charge in [-0.25, -0.2) is 4.98 Å². The number of aromatic nitrogens is 2. The standard InChI is InChI=1S/C29H27N3O2/c1-21(2)32(23-13-4-3-5-14-23)29(33)19-31-26-17-9-8-16-25(26)30-28(31)20-34-27-18-10-12-22-11-6-7-15-24(22)27/h3-18,21H,19-20H2,1-2H3. The Kier molecular flexibility index (Phi) is 6.00. The highest BCUT2D eigenvalue weighted by atomic mass is 16.5. The summed E-state index contributed by atoms with van der Waals surface area (Å²) in [5.74, 6) is 1.53. The number of ether oxygens (including phenoxy) is 1. The van der Waals surface area contributed by atoms with Crippen LogP contribution in [0.5, 0.6) is 5.75 Å². The van der Waals surface area contributed by atoms with Crippen LogP contribution in [-0.2, 0) is 17.9 Å². The third-order valence-electron chi connectivity index (χ3n) is 5.95. The fourth-order valence-corrected chi connectivity index (χ4v) is 4.41. The third kappa shape index (κ3) is 4.25. The van der Waals surface area contributed by atoms with Crippen molar-refractivity contribution in [2.45, 2.75) is 33.0 Å². The van der Waals surface area contributed by atoms with Crippen molar-refractivity contribution in [3.63, 3.8) is 0 Å². The van der Waals surface area contributed by atoms with Gasteiger partial charge in [-0.2, -0.15) is 0 Å². The number of imidazole rings is 1. The second-order valence-electron chi connectivity index (χ2n) is 8.56. The number of anilines is 1. The van der Waals surface area contributed by atoms with Gasteiger partial charge in [0, 0.05) is 17.1 Å². The molecule has 5 heteroatoms. The number of nitrogens with zero attached hydrogens (tertiary/aromatic N) is 3. The maximum absolute atomic E-state index is 13.5. The molecule has 170 valence electrons. The lowest BCUT2D eigenvalue weighted by atomic mass is 10.1. The Morgan fingerprint density at radius 3 is 2.41 bits per heavy atom. The number of hydrogen-bond donors (Lipinski definition) is 0. The molecule has 0 aliphatic rings. The summed E-state index contributed by atoms with van der Waals surface area (Å²) in [4.78, 5) is 20.2. The van der Waals surface area contributed by atoms with Gasteiger partial charge in [0.1, 0.15) is 24.7 Å². The molecule has 0 saturated heterocycles. The molecule has 0 aliphatic heterocycles. The Bertz CT molecular complexity index is 1430. The van der Waals surface area contributed by atoms with Gasteiger partial charge in [0.25, 0.3) is 0 Å². The van der Waals surface area contributed by atoms with E-state index in [0.29, 0.717) is 0 Å². The van der Waals surface area contributed by atoms with Gasteiger partial charge in [-0.1, -0.05) is 66.7 Å². The van der Waals surface area contributed by atoms with E-state index >= 15 is 0 Å². The van der Waals surface area contributed by atoms with Gasteiger partial charge in [0.15, 0.2) is 0 Å². The maximum atomic E-state index is 13.5. The number of para-hydroxylation sites is 3. The largest absolute Gasteiger partial charge is 0.485 e. The highest BCUT2D eigenvalue weighted by molar-refractivity contribution is 5.94. The molecule has 1 amide bonds. The van der Waals surface area contributed by atoms with Gasteiger partial charge in [-0.05, 0) is 49.6 Å². The van der Waals surface area contributed by atoms with Crippen molar-refractivity contribution in [3.8, 4) is 5.75 Å². The van der Waals surface area contributed by atoms with E-state index < -0.39 is 0 Å². The summed E-state index contributed by atoms with van der Waals surface area (Å²) in [7, 11) is 0. The molecule has 0 bridgehead atoms. The lowest BCUT2D eigenvalue weighted by molar-refractivity contribution is -0.119. The lowest BCUT2D eigenvalue weighted by Crippen LogP contribution is -2.39. The van der Waals surface area contributed by atoms with Crippen molar-refractivity contribution in [2.24, 2.45) is 0 Å². The van der Waals surface area contributed by atoms with Crippen molar-refractivity contribution >= 4 is 33.4 Å². The zero-order chi connectivity index (χ0) is 23.5. The van der Waals surface area contributed by atoms with Crippen molar-refractivity contribution in [2.75, 3.05) is 4.90 Å². The predicted molar refractivity (Wildman–Crippen MR) is 137 cm³/mol. The minimum absolute atomic E-state index is 0.00997. The SMILES string of the molecule is CC(C)N(C(=O)Cn1c(COc2cccc3ccccc23)nc2ccccc21)c1ccccc1. The molecule has 0 aliphatic carbocycles. The van der Waals surface area contributed by atoms with E-state index in [-0.39, 0.29) is 25.1 Å². The summed E-state index contributed by atoms with van der Waals surface area (Å²) in [6.45, 7) is 4.51. The molecule has 0 saturated carbocycles. The molecular formula is C29H27N3O2. The monoisotopic (exact) mass is 449 g/mol. The third-order valence-corrected chi connectivity index (χ3v) is 5.95. The van der Waals surface area contributed by atoms with Crippen LogP contribution in [0.2, 0.25) is 0 Å². The minimum Gasteiger partial charge on any atom is -0.485 e. The number of carbonyl (C=O) groups is 1. The molecule has 0 N–H and O–H groups in total. The van der Waals surface area contributed by atoms with E-state index in [2.05, 4.69) is 18.2 Å². The lowest BCUT2D eigenvalue weighted by Gasteiger charge is -2.27. The van der Waals surface area contributed by atoms with Crippen LogP contribution in [-0.4, -0.2) is 21.5 Å². The fourth-order valence-electron chi connectivity index (χ4n) is 4.41. The average Bonchev–Trinajstić information content (AvgIpc) is 3.20. The number of carbonyl (C=O) groups excluding carboxylic acids is 1. The van der Waals surface area contributed by atoms with Gasteiger partial charge < -0.3 is 14.2 Å². The predicted octanol–water partition coefficient (Wildman–Crippen LogP) is 6.21. The molecule has 0 fully saturated rings. The summed E-state index contributed by atoms with van der Waals surface area (Å²) in [5.41, 5.74) is 2.66. The van der Waals surface area contributed by atoms with E-state index in [9.17, 15) is 4.79 Å². The minimum atomic E-state index is 0.00997. The summed E-state index contributed by atoms with van der Waals surface area (Å²) in [5, 5.41) is 2.18. The molecular weight excluding hydrogens is 422 g/mol. The first-order valence-corrected chi connectivity index (χ1v) is 11.5. The van der Waals surface area contributed by atoms with E-state index in [0.717, 1.165) is 39.1 Å². The topological polar surface area (TPSA) is 47.4 Å². The molecule has 5 nitrogen and oxygen atoms in total. The smallest absolute Gasteiger partial charge is 0.247 e. The zero-order valence-corrected chi connectivity index (χ0v) is 19.4. The summed E-state index contributed by atoms with van der Waals surface area (Å²) in [6.07, 6.45) is 0. The number of rotatable bonds is 7. The average molecular weight is 450 g/mol. The van der Waals surface area contributed by atoms with Gasteiger partial charge >= 0.3 is 0 Å². The molecule has 34 heavy (non-hydrogen) atoms. The van der Waals surface area contributed by atoms with Crippen LogP contribution in [0.4, 0.5) is 5.69 Å². The molecule has 5 aromatic rings. The molecule has 0 spiro atoms. The second-order valence-corrected chi connectivity index (χ2v) is 8.56. The highest BCUT2D eigenvalue weighted by Crippen LogP contribution is 2.27. The Morgan fingerprint density at radius 2 is 1.59 bits per heavy atom. The van der Waals surface area contributed by atoms with E-state index in [1.807, 2.05) is 102 Å². The molecule has 1 aromatic heterocycles. The van der Waals surface area contributed by atoms with Crippen molar-refractivity contribution in [1.82, 2.24) is 9.55 Å². The Balaban J connectivity index is 1.47. The second kappa shape index (κ2) is 9.40. The Hall–Kier alpha value is -4.12. The molecule has 0 atom stereocenters. The quantitative estimate of drug-likeness (QED) is 0.297. The van der Waals surface area contributed by atoms with E-state index in [4.69, 9.17) is 9.72 Å². The molecule has 0 radical (unpaired) electrons. The Morgan fingerprint density at radius 1 is 0.882 bits per heavy atom.